The number of aryl methyl sites for hydroxylation is 1. The second-order valence-electron chi connectivity index (χ2n) is 4.42. The van der Waals surface area contributed by atoms with Gasteiger partial charge in [0.15, 0.2) is 0 Å². The molecule has 0 atom stereocenters. The van der Waals surface area contributed by atoms with Crippen molar-refractivity contribution in [3.63, 3.8) is 0 Å². The number of nitrogens with one attached hydrogen (secondary N) is 1. The van der Waals surface area contributed by atoms with Crippen LogP contribution in [0.2, 0.25) is 0 Å². The molecule has 22 heavy (non-hydrogen) atoms. The van der Waals surface area contributed by atoms with E-state index in [4.69, 9.17) is 0 Å². The van der Waals surface area contributed by atoms with E-state index in [1.54, 1.807) is 12.4 Å². The Hall–Kier alpha value is -2.33. The Labute approximate surface area is 129 Å². The molecule has 0 aliphatic carbocycles. The van der Waals surface area contributed by atoms with E-state index in [1.807, 2.05) is 6.92 Å². The summed E-state index contributed by atoms with van der Waals surface area (Å²) in [4.78, 5) is -0.201. The molecule has 0 unspecified atom stereocenters. The number of anilines is 1. The second kappa shape index (κ2) is 5.46. The second-order valence-corrected chi connectivity index (χ2v) is 6.94. The zero-order valence-corrected chi connectivity index (χ0v) is 12.9. The highest BCUT2D eigenvalue weighted by atomic mass is 32.2. The van der Waals surface area contributed by atoms with Crippen molar-refractivity contribution in [1.82, 2.24) is 20.0 Å². The maximum Gasteiger partial charge on any atom is 0.263 e. The van der Waals surface area contributed by atoms with Crippen molar-refractivity contribution in [2.24, 2.45) is 0 Å². The largest absolute Gasteiger partial charge is 0.263 e. The molecular formula is C12H10FN5O2S2. The predicted molar refractivity (Wildman–Crippen MR) is 79.0 cm³/mol. The van der Waals surface area contributed by atoms with Gasteiger partial charge < -0.3 is 0 Å². The van der Waals surface area contributed by atoms with Crippen molar-refractivity contribution in [2.75, 3.05) is 4.72 Å². The SMILES string of the molecule is Cc1cnn(-c2ccc(S(=O)(=O)Nc3nncs3)cc2F)c1. The van der Waals surface area contributed by atoms with Crippen LogP contribution in [0.4, 0.5) is 9.52 Å². The van der Waals surface area contributed by atoms with Crippen molar-refractivity contribution in [3.05, 3.63) is 47.5 Å². The summed E-state index contributed by atoms with van der Waals surface area (Å²) in [6.45, 7) is 1.83. The number of nitrogens with zero attached hydrogens (tertiary/aromatic N) is 4. The van der Waals surface area contributed by atoms with Crippen LogP contribution in [0.5, 0.6) is 0 Å². The third kappa shape index (κ3) is 2.83. The molecule has 0 bridgehead atoms. The zero-order chi connectivity index (χ0) is 15.7. The Kier molecular flexibility index (Phi) is 3.62. The van der Waals surface area contributed by atoms with E-state index in [0.717, 1.165) is 23.0 Å². The van der Waals surface area contributed by atoms with Gasteiger partial charge in [0.2, 0.25) is 5.13 Å². The first kappa shape index (κ1) is 14.6. The van der Waals surface area contributed by atoms with Crippen molar-refractivity contribution in [1.29, 1.82) is 0 Å². The molecule has 0 amide bonds. The van der Waals surface area contributed by atoms with Gasteiger partial charge in [0.1, 0.15) is 17.0 Å². The average Bonchev–Trinajstić information content (AvgIpc) is 3.10. The Morgan fingerprint density at radius 1 is 1.36 bits per heavy atom. The van der Waals surface area contributed by atoms with Crippen LogP contribution in [-0.4, -0.2) is 28.4 Å². The van der Waals surface area contributed by atoms with Crippen LogP contribution in [-0.2, 0) is 10.0 Å². The first-order valence-electron chi connectivity index (χ1n) is 6.06. The fourth-order valence-corrected chi connectivity index (χ4v) is 3.48. The van der Waals surface area contributed by atoms with Gasteiger partial charge in [-0.05, 0) is 30.7 Å². The molecule has 0 spiro atoms. The highest BCUT2D eigenvalue weighted by Gasteiger charge is 2.18. The molecule has 0 saturated carbocycles. The van der Waals surface area contributed by atoms with Gasteiger partial charge in [-0.3, -0.25) is 4.72 Å². The fraction of sp³-hybridized carbons (Fsp3) is 0.0833. The normalized spacial score (nSPS) is 11.5. The number of hydrogen-bond acceptors (Lipinski definition) is 6. The van der Waals surface area contributed by atoms with Gasteiger partial charge in [0.05, 0.1) is 11.1 Å². The smallest absolute Gasteiger partial charge is 0.253 e. The molecule has 0 aliphatic rings. The molecule has 2 heterocycles. The van der Waals surface area contributed by atoms with E-state index in [-0.39, 0.29) is 15.7 Å². The number of sulfonamides is 1. The molecule has 10 heteroatoms. The van der Waals surface area contributed by atoms with E-state index in [0.29, 0.717) is 0 Å². The lowest BCUT2D eigenvalue weighted by Crippen LogP contribution is -2.13. The summed E-state index contributed by atoms with van der Waals surface area (Å²) in [7, 11) is -3.91. The van der Waals surface area contributed by atoms with Gasteiger partial charge in [0.25, 0.3) is 10.0 Å². The summed E-state index contributed by atoms with van der Waals surface area (Å²) >= 11 is 1.03. The summed E-state index contributed by atoms with van der Waals surface area (Å²) in [5.74, 6) is -0.691. The van der Waals surface area contributed by atoms with Crippen LogP contribution in [0.3, 0.4) is 0 Å². The van der Waals surface area contributed by atoms with E-state index in [2.05, 4.69) is 20.0 Å². The molecule has 3 aromatic rings. The third-order valence-electron chi connectivity index (χ3n) is 2.77. The van der Waals surface area contributed by atoms with Crippen LogP contribution in [0.25, 0.3) is 5.69 Å². The molecular weight excluding hydrogens is 329 g/mol. The van der Waals surface area contributed by atoms with E-state index >= 15 is 0 Å². The molecule has 0 radical (unpaired) electrons. The van der Waals surface area contributed by atoms with Gasteiger partial charge in [-0.15, -0.1) is 10.2 Å². The van der Waals surface area contributed by atoms with Gasteiger partial charge in [-0.25, -0.2) is 17.5 Å². The Balaban J connectivity index is 1.94. The summed E-state index contributed by atoms with van der Waals surface area (Å²) in [5.41, 5.74) is 2.43. The van der Waals surface area contributed by atoms with Crippen molar-refractivity contribution >= 4 is 26.5 Å². The Morgan fingerprint density at radius 3 is 2.77 bits per heavy atom. The molecule has 114 valence electrons. The Morgan fingerprint density at radius 2 is 2.18 bits per heavy atom. The van der Waals surface area contributed by atoms with Crippen molar-refractivity contribution < 1.29 is 12.8 Å². The van der Waals surface area contributed by atoms with Gasteiger partial charge >= 0.3 is 0 Å². The maximum atomic E-state index is 14.2. The first-order chi connectivity index (χ1) is 10.5. The van der Waals surface area contributed by atoms with Crippen LogP contribution in [0, 0.1) is 12.7 Å². The Bertz CT molecular complexity index is 906. The average molecular weight is 339 g/mol. The molecule has 7 nitrogen and oxygen atoms in total. The number of aromatic nitrogens is 4. The molecule has 1 N–H and O–H groups in total. The highest BCUT2D eigenvalue weighted by molar-refractivity contribution is 7.93. The lowest BCUT2D eigenvalue weighted by atomic mass is 10.3. The topological polar surface area (TPSA) is 89.8 Å². The quantitative estimate of drug-likeness (QED) is 0.785. The predicted octanol–water partition coefficient (Wildman–Crippen LogP) is 1.97. The van der Waals surface area contributed by atoms with Crippen LogP contribution >= 0.6 is 11.3 Å². The van der Waals surface area contributed by atoms with Gasteiger partial charge in [0, 0.05) is 6.20 Å². The summed E-state index contributed by atoms with van der Waals surface area (Å²) < 4.78 is 42.0. The van der Waals surface area contributed by atoms with Gasteiger partial charge in [-0.1, -0.05) is 11.3 Å². The van der Waals surface area contributed by atoms with Crippen molar-refractivity contribution in [2.45, 2.75) is 11.8 Å². The summed E-state index contributed by atoms with van der Waals surface area (Å²) in [6, 6.07) is 3.60. The van der Waals surface area contributed by atoms with E-state index in [1.165, 1.54) is 22.3 Å². The number of benzene rings is 1. The minimum atomic E-state index is -3.91. The molecule has 0 saturated heterocycles. The molecule has 3 rings (SSSR count). The summed E-state index contributed by atoms with van der Waals surface area (Å²) in [5, 5.41) is 11.2. The molecule has 0 fully saturated rings. The fourth-order valence-electron chi connectivity index (χ4n) is 1.78. The van der Waals surface area contributed by atoms with E-state index < -0.39 is 15.8 Å². The standard InChI is InChI=1S/C12H10FN5O2S2/c1-8-5-15-18(6-8)11-3-2-9(4-10(11)13)22(19,20)17-12-16-14-7-21-12/h2-7H,1H3,(H,16,17). The molecule has 0 aliphatic heterocycles. The maximum absolute atomic E-state index is 14.2. The number of rotatable bonds is 4. The minimum absolute atomic E-state index is 0.118. The minimum Gasteiger partial charge on any atom is -0.253 e. The van der Waals surface area contributed by atoms with Crippen molar-refractivity contribution in [3.8, 4) is 5.69 Å². The third-order valence-corrected chi connectivity index (χ3v) is 4.84. The van der Waals surface area contributed by atoms with E-state index in [9.17, 15) is 12.8 Å². The van der Waals surface area contributed by atoms with Crippen LogP contribution < -0.4 is 4.72 Å². The molecule has 1 aromatic carbocycles. The lowest BCUT2D eigenvalue weighted by Gasteiger charge is -2.07. The molecule has 2 aromatic heterocycles. The van der Waals surface area contributed by atoms with Crippen LogP contribution in [0.15, 0.2) is 41.0 Å². The highest BCUT2D eigenvalue weighted by Crippen LogP contribution is 2.21. The number of hydrogen-bond donors (Lipinski definition) is 1. The monoisotopic (exact) mass is 339 g/mol. The lowest BCUT2D eigenvalue weighted by molar-refractivity contribution is 0.590. The zero-order valence-electron chi connectivity index (χ0n) is 11.3. The van der Waals surface area contributed by atoms with Crippen LogP contribution in [0.1, 0.15) is 5.56 Å². The first-order valence-corrected chi connectivity index (χ1v) is 8.42. The number of halogens is 1. The summed E-state index contributed by atoms with van der Waals surface area (Å²) in [6.07, 6.45) is 3.23. The van der Waals surface area contributed by atoms with Gasteiger partial charge in [-0.2, -0.15) is 5.10 Å².